The third-order valence-electron chi connectivity index (χ3n) is 2.34. The minimum atomic E-state index is 0.202. The average Bonchev–Trinajstić information content (AvgIpc) is 2.40. The maximum Gasteiger partial charge on any atom is 0.159 e. The van der Waals surface area contributed by atoms with Crippen molar-refractivity contribution in [2.45, 2.75) is 0 Å². The molecule has 0 saturated heterocycles. The molecule has 0 radical (unpaired) electrons. The zero-order valence-electron chi connectivity index (χ0n) is 9.32. The van der Waals surface area contributed by atoms with Crippen LogP contribution in [-0.4, -0.2) is 17.3 Å². The Bertz CT molecular complexity index is 638. The van der Waals surface area contributed by atoms with Crippen LogP contribution in [0.4, 0.5) is 0 Å². The number of halogens is 2. The van der Waals surface area contributed by atoms with Gasteiger partial charge >= 0.3 is 0 Å². The molecule has 0 fully saturated rings. The van der Waals surface area contributed by atoms with Gasteiger partial charge in [-0.25, -0.2) is 0 Å². The number of benzene rings is 1. The van der Waals surface area contributed by atoms with Gasteiger partial charge in [-0.05, 0) is 24.3 Å². The van der Waals surface area contributed by atoms with E-state index in [1.54, 1.807) is 24.3 Å². The lowest BCUT2D eigenvalue weighted by Crippen LogP contribution is -1.93. The Kier molecular flexibility index (Phi) is 3.66. The molecule has 1 aromatic carbocycles. The van der Waals surface area contributed by atoms with Crippen molar-refractivity contribution in [2.24, 2.45) is 0 Å². The molecular formula is C12H7Cl2N3O. The molecule has 2 aromatic rings. The van der Waals surface area contributed by atoms with Gasteiger partial charge in [0.2, 0.25) is 0 Å². The Morgan fingerprint density at radius 2 is 1.94 bits per heavy atom. The number of aromatic nitrogens is 2. The summed E-state index contributed by atoms with van der Waals surface area (Å²) in [5, 5.41) is 16.7. The number of ether oxygens (including phenoxy) is 1. The molecule has 0 saturated carbocycles. The van der Waals surface area contributed by atoms with Gasteiger partial charge in [0, 0.05) is 11.1 Å². The highest BCUT2D eigenvalue weighted by Gasteiger charge is 2.13. The SMILES string of the molecule is COc1ccc(C#N)cc1-c1cc(Cl)nnc1Cl. The first kappa shape index (κ1) is 12.6. The van der Waals surface area contributed by atoms with Gasteiger partial charge in [-0.15, -0.1) is 10.2 Å². The van der Waals surface area contributed by atoms with Crippen LogP contribution in [0.15, 0.2) is 24.3 Å². The average molecular weight is 280 g/mol. The first-order valence-corrected chi connectivity index (χ1v) is 5.68. The lowest BCUT2D eigenvalue weighted by Gasteiger charge is -2.09. The molecule has 0 atom stereocenters. The fraction of sp³-hybridized carbons (Fsp3) is 0.0833. The monoisotopic (exact) mass is 279 g/mol. The van der Waals surface area contributed by atoms with Crippen LogP contribution in [0.3, 0.4) is 0 Å². The van der Waals surface area contributed by atoms with E-state index in [9.17, 15) is 0 Å². The summed E-state index contributed by atoms with van der Waals surface area (Å²) in [7, 11) is 1.54. The van der Waals surface area contributed by atoms with Crippen molar-refractivity contribution in [3.63, 3.8) is 0 Å². The Labute approximate surface area is 114 Å². The standard InChI is InChI=1S/C12H7Cl2N3O/c1-18-10-3-2-7(6-15)4-8(10)9-5-11(13)16-17-12(9)14/h2-5H,1H3. The summed E-state index contributed by atoms with van der Waals surface area (Å²) >= 11 is 11.8. The topological polar surface area (TPSA) is 58.8 Å². The number of hydrogen-bond donors (Lipinski definition) is 0. The van der Waals surface area contributed by atoms with E-state index >= 15 is 0 Å². The van der Waals surface area contributed by atoms with Gasteiger partial charge in [0.15, 0.2) is 10.3 Å². The molecule has 0 N–H and O–H groups in total. The number of nitriles is 1. The fourth-order valence-electron chi connectivity index (χ4n) is 1.53. The quantitative estimate of drug-likeness (QED) is 0.846. The van der Waals surface area contributed by atoms with Crippen LogP contribution in [0.2, 0.25) is 10.3 Å². The van der Waals surface area contributed by atoms with Crippen LogP contribution >= 0.6 is 23.2 Å². The molecule has 0 aliphatic rings. The van der Waals surface area contributed by atoms with E-state index in [-0.39, 0.29) is 10.3 Å². The van der Waals surface area contributed by atoms with E-state index in [2.05, 4.69) is 16.3 Å². The van der Waals surface area contributed by atoms with Gasteiger partial charge in [-0.2, -0.15) is 5.26 Å². The molecule has 1 aromatic heterocycles. The van der Waals surface area contributed by atoms with E-state index in [4.69, 9.17) is 33.2 Å². The molecule has 1 heterocycles. The Hall–Kier alpha value is -1.83. The van der Waals surface area contributed by atoms with Gasteiger partial charge in [-0.1, -0.05) is 23.2 Å². The molecule has 0 unspecified atom stereocenters. The van der Waals surface area contributed by atoms with Crippen LogP contribution in [0, 0.1) is 11.3 Å². The maximum atomic E-state index is 8.92. The van der Waals surface area contributed by atoms with Gasteiger partial charge in [0.05, 0.1) is 18.7 Å². The number of nitrogens with zero attached hydrogens (tertiary/aromatic N) is 3. The first-order chi connectivity index (χ1) is 8.65. The maximum absolute atomic E-state index is 8.92. The summed E-state index contributed by atoms with van der Waals surface area (Å²) in [4.78, 5) is 0. The molecule has 4 nitrogen and oxygen atoms in total. The molecule has 6 heteroatoms. The van der Waals surface area contributed by atoms with E-state index in [0.717, 1.165) is 0 Å². The summed E-state index contributed by atoms with van der Waals surface area (Å²) < 4.78 is 5.23. The fourth-order valence-corrected chi connectivity index (χ4v) is 1.87. The van der Waals surface area contributed by atoms with Crippen LogP contribution in [0.25, 0.3) is 11.1 Å². The largest absolute Gasteiger partial charge is 0.496 e. The van der Waals surface area contributed by atoms with E-state index < -0.39 is 0 Å². The lowest BCUT2D eigenvalue weighted by atomic mass is 10.0. The second-order valence-electron chi connectivity index (χ2n) is 3.40. The summed E-state index contributed by atoms with van der Waals surface area (Å²) in [6, 6.07) is 8.65. The smallest absolute Gasteiger partial charge is 0.159 e. The summed E-state index contributed by atoms with van der Waals surface area (Å²) in [6.45, 7) is 0. The number of hydrogen-bond acceptors (Lipinski definition) is 4. The molecule has 18 heavy (non-hydrogen) atoms. The van der Waals surface area contributed by atoms with Crippen molar-refractivity contribution >= 4 is 23.2 Å². The molecule has 2 rings (SSSR count). The van der Waals surface area contributed by atoms with Crippen molar-refractivity contribution in [3.8, 4) is 22.9 Å². The van der Waals surface area contributed by atoms with Crippen molar-refractivity contribution in [1.29, 1.82) is 5.26 Å². The first-order valence-electron chi connectivity index (χ1n) is 4.93. The molecule has 0 bridgehead atoms. The van der Waals surface area contributed by atoms with Crippen LogP contribution in [0.5, 0.6) is 5.75 Å². The van der Waals surface area contributed by atoms with E-state index in [1.165, 1.54) is 7.11 Å². The van der Waals surface area contributed by atoms with Crippen LogP contribution < -0.4 is 4.74 Å². The Morgan fingerprint density at radius 1 is 1.17 bits per heavy atom. The Morgan fingerprint density at radius 3 is 2.61 bits per heavy atom. The normalized spacial score (nSPS) is 9.89. The van der Waals surface area contributed by atoms with Crippen LogP contribution in [-0.2, 0) is 0 Å². The van der Waals surface area contributed by atoms with Gasteiger partial charge in [-0.3, -0.25) is 0 Å². The second-order valence-corrected chi connectivity index (χ2v) is 4.14. The van der Waals surface area contributed by atoms with E-state index in [1.807, 2.05) is 0 Å². The molecule has 0 spiro atoms. The molecule has 90 valence electrons. The third-order valence-corrected chi connectivity index (χ3v) is 2.80. The van der Waals surface area contributed by atoms with E-state index in [0.29, 0.717) is 22.4 Å². The van der Waals surface area contributed by atoms with Gasteiger partial charge in [0.1, 0.15) is 5.75 Å². The van der Waals surface area contributed by atoms with Gasteiger partial charge < -0.3 is 4.74 Å². The summed E-state index contributed by atoms with van der Waals surface area (Å²) in [5.41, 5.74) is 1.72. The minimum Gasteiger partial charge on any atom is -0.496 e. The summed E-state index contributed by atoms with van der Waals surface area (Å²) in [5.74, 6) is 0.583. The van der Waals surface area contributed by atoms with Crippen molar-refractivity contribution in [2.75, 3.05) is 7.11 Å². The second kappa shape index (κ2) is 5.21. The highest BCUT2D eigenvalue weighted by molar-refractivity contribution is 6.33. The zero-order valence-corrected chi connectivity index (χ0v) is 10.8. The van der Waals surface area contributed by atoms with Crippen molar-refractivity contribution in [3.05, 3.63) is 40.1 Å². The van der Waals surface area contributed by atoms with Crippen LogP contribution in [0.1, 0.15) is 5.56 Å². The Balaban J connectivity index is 2.69. The predicted octanol–water partition coefficient (Wildman–Crippen LogP) is 3.33. The molecule has 0 amide bonds. The highest BCUT2D eigenvalue weighted by atomic mass is 35.5. The minimum absolute atomic E-state index is 0.202. The number of methoxy groups -OCH3 is 1. The zero-order chi connectivity index (χ0) is 13.1. The third kappa shape index (κ3) is 2.37. The predicted molar refractivity (Wildman–Crippen MR) is 68.8 cm³/mol. The van der Waals surface area contributed by atoms with Gasteiger partial charge in [0.25, 0.3) is 0 Å². The molecular weight excluding hydrogens is 273 g/mol. The lowest BCUT2D eigenvalue weighted by molar-refractivity contribution is 0.416. The summed E-state index contributed by atoms with van der Waals surface area (Å²) in [6.07, 6.45) is 0. The highest BCUT2D eigenvalue weighted by Crippen LogP contribution is 2.35. The van der Waals surface area contributed by atoms with Crippen molar-refractivity contribution < 1.29 is 4.74 Å². The molecule has 0 aliphatic carbocycles. The molecule has 0 aliphatic heterocycles. The number of rotatable bonds is 2. The van der Waals surface area contributed by atoms with Crippen molar-refractivity contribution in [1.82, 2.24) is 10.2 Å².